The smallest absolute Gasteiger partial charge is 0.190 e. The highest BCUT2D eigenvalue weighted by molar-refractivity contribution is 6.17. The van der Waals surface area contributed by atoms with Crippen molar-refractivity contribution in [3.63, 3.8) is 0 Å². The van der Waals surface area contributed by atoms with E-state index in [-0.39, 0.29) is 5.78 Å². The number of carbonyl (C=O) groups is 1. The van der Waals surface area contributed by atoms with Gasteiger partial charge in [-0.3, -0.25) is 4.79 Å². The topological polar surface area (TPSA) is 56.6 Å². The Morgan fingerprint density at radius 2 is 1.74 bits per heavy atom. The Bertz CT molecular complexity index is 1390. The second-order valence-electron chi connectivity index (χ2n) is 8.40. The number of aryl methyl sites for hydroxylation is 1. The van der Waals surface area contributed by atoms with E-state index in [1.165, 1.54) is 11.1 Å². The summed E-state index contributed by atoms with van der Waals surface area (Å²) in [4.78, 5) is 20.2. The first-order valence-corrected chi connectivity index (χ1v) is 11.3. The molecule has 0 spiro atoms. The first kappa shape index (κ1) is 21.8. The molecule has 5 rings (SSSR count). The van der Waals surface area contributed by atoms with Crippen LogP contribution in [0.2, 0.25) is 0 Å². The second kappa shape index (κ2) is 9.06. The summed E-state index contributed by atoms with van der Waals surface area (Å²) in [6.45, 7) is 1.54. The number of fused-ring (bicyclic) bond motifs is 2. The van der Waals surface area contributed by atoms with Crippen molar-refractivity contribution in [2.75, 3.05) is 20.8 Å². The Hall–Kier alpha value is -4.06. The fourth-order valence-corrected chi connectivity index (χ4v) is 4.73. The molecule has 0 amide bonds. The number of hydrogen-bond donors (Lipinski definition) is 0. The molecule has 0 unspecified atom stereocenters. The molecule has 1 aliphatic rings. The molecule has 6 heteroatoms. The lowest BCUT2D eigenvalue weighted by Gasteiger charge is -2.28. The van der Waals surface area contributed by atoms with Crippen LogP contribution in [0.5, 0.6) is 11.5 Å². The predicted molar refractivity (Wildman–Crippen MR) is 133 cm³/mol. The van der Waals surface area contributed by atoms with Gasteiger partial charge in [-0.05, 0) is 47.4 Å². The van der Waals surface area contributed by atoms with Crippen LogP contribution in [0.1, 0.15) is 21.5 Å². The molecule has 6 nitrogen and oxygen atoms in total. The summed E-state index contributed by atoms with van der Waals surface area (Å²) >= 11 is 0. The zero-order valence-electron chi connectivity index (χ0n) is 19.6. The van der Waals surface area contributed by atoms with Gasteiger partial charge in [0.15, 0.2) is 17.3 Å². The van der Waals surface area contributed by atoms with Gasteiger partial charge in [-0.15, -0.1) is 0 Å². The summed E-state index contributed by atoms with van der Waals surface area (Å²) < 4.78 is 12.9. The fraction of sp³-hybridized carbons (Fsp3) is 0.214. The lowest BCUT2D eigenvalue weighted by molar-refractivity contribution is 0.104. The maximum atomic E-state index is 13.5. The highest BCUT2D eigenvalue weighted by Gasteiger charge is 2.22. The van der Waals surface area contributed by atoms with E-state index in [9.17, 15) is 4.79 Å². The Morgan fingerprint density at radius 3 is 2.47 bits per heavy atom. The predicted octanol–water partition coefficient (Wildman–Crippen LogP) is 5.01. The molecule has 2 aromatic carbocycles. The quantitative estimate of drug-likeness (QED) is 0.303. The lowest BCUT2D eigenvalue weighted by atomic mass is 9.99. The SMILES string of the molecule is COc1cc2c(cc1OC)CN(/C=C/C(=O)c1c(-c3ccccc3)n(C)c3ncccc13)CC2. The molecule has 1 aliphatic heterocycles. The van der Waals surface area contributed by atoms with E-state index >= 15 is 0 Å². The maximum absolute atomic E-state index is 13.5. The van der Waals surface area contributed by atoms with E-state index in [1.807, 2.05) is 66.3 Å². The minimum Gasteiger partial charge on any atom is -0.493 e. The van der Waals surface area contributed by atoms with Crippen LogP contribution < -0.4 is 9.47 Å². The molecule has 0 atom stereocenters. The monoisotopic (exact) mass is 453 g/mol. The molecule has 0 N–H and O–H groups in total. The van der Waals surface area contributed by atoms with Crippen LogP contribution in [-0.4, -0.2) is 41.0 Å². The number of aromatic nitrogens is 2. The molecule has 2 aromatic heterocycles. The zero-order valence-corrected chi connectivity index (χ0v) is 19.6. The van der Waals surface area contributed by atoms with Gasteiger partial charge in [0.2, 0.25) is 0 Å². The lowest BCUT2D eigenvalue weighted by Crippen LogP contribution is -2.26. The molecule has 0 aliphatic carbocycles. The number of benzene rings is 2. The summed E-state index contributed by atoms with van der Waals surface area (Å²) in [6, 6.07) is 17.9. The minimum atomic E-state index is -0.0319. The number of ether oxygens (including phenoxy) is 2. The van der Waals surface area contributed by atoms with E-state index in [4.69, 9.17) is 9.47 Å². The number of allylic oxidation sites excluding steroid dienone is 1. The van der Waals surface area contributed by atoms with Gasteiger partial charge in [0.25, 0.3) is 0 Å². The van der Waals surface area contributed by atoms with Crippen molar-refractivity contribution < 1.29 is 14.3 Å². The van der Waals surface area contributed by atoms with Crippen molar-refractivity contribution >= 4 is 16.8 Å². The molecule has 34 heavy (non-hydrogen) atoms. The number of rotatable bonds is 6. The van der Waals surface area contributed by atoms with Gasteiger partial charge in [-0.1, -0.05) is 30.3 Å². The van der Waals surface area contributed by atoms with Crippen LogP contribution in [-0.2, 0) is 20.0 Å². The van der Waals surface area contributed by atoms with Gasteiger partial charge >= 0.3 is 0 Å². The van der Waals surface area contributed by atoms with Gasteiger partial charge in [0, 0.05) is 44.0 Å². The van der Waals surface area contributed by atoms with Crippen molar-refractivity contribution in [2.45, 2.75) is 13.0 Å². The summed E-state index contributed by atoms with van der Waals surface area (Å²) in [7, 11) is 5.26. The third-order valence-electron chi connectivity index (χ3n) is 6.42. The average Bonchev–Trinajstić information content (AvgIpc) is 3.19. The molecule has 0 bridgehead atoms. The molecule has 4 aromatic rings. The molecular weight excluding hydrogens is 426 g/mol. The highest BCUT2D eigenvalue weighted by Crippen LogP contribution is 2.34. The number of ketones is 1. The van der Waals surface area contributed by atoms with Crippen LogP contribution in [0, 0.1) is 0 Å². The number of pyridine rings is 1. The zero-order chi connectivity index (χ0) is 23.7. The number of methoxy groups -OCH3 is 2. The molecule has 0 saturated carbocycles. The van der Waals surface area contributed by atoms with Gasteiger partial charge < -0.3 is 18.9 Å². The fourth-order valence-electron chi connectivity index (χ4n) is 4.73. The Labute approximate surface area is 199 Å². The van der Waals surface area contributed by atoms with Crippen LogP contribution in [0.25, 0.3) is 22.3 Å². The first-order valence-electron chi connectivity index (χ1n) is 11.3. The third-order valence-corrected chi connectivity index (χ3v) is 6.42. The van der Waals surface area contributed by atoms with Gasteiger partial charge in [-0.25, -0.2) is 4.98 Å². The van der Waals surface area contributed by atoms with Crippen molar-refractivity contribution in [3.05, 3.63) is 89.8 Å². The second-order valence-corrected chi connectivity index (χ2v) is 8.40. The Morgan fingerprint density at radius 1 is 1.00 bits per heavy atom. The van der Waals surface area contributed by atoms with Crippen molar-refractivity contribution in [3.8, 4) is 22.8 Å². The van der Waals surface area contributed by atoms with Crippen LogP contribution in [0.3, 0.4) is 0 Å². The van der Waals surface area contributed by atoms with Crippen LogP contribution in [0.4, 0.5) is 0 Å². The maximum Gasteiger partial charge on any atom is 0.190 e. The molecule has 0 fully saturated rings. The van der Waals surface area contributed by atoms with Crippen molar-refractivity contribution in [1.29, 1.82) is 0 Å². The normalized spacial score (nSPS) is 13.3. The van der Waals surface area contributed by atoms with Crippen molar-refractivity contribution in [2.24, 2.45) is 7.05 Å². The van der Waals surface area contributed by atoms with Crippen LogP contribution in [0.15, 0.2) is 73.1 Å². The van der Waals surface area contributed by atoms with E-state index in [1.54, 1.807) is 26.5 Å². The number of nitrogens with zero attached hydrogens (tertiary/aromatic N) is 3. The number of hydrogen-bond acceptors (Lipinski definition) is 5. The minimum absolute atomic E-state index is 0.0319. The Kier molecular flexibility index (Phi) is 5.80. The molecule has 0 radical (unpaired) electrons. The van der Waals surface area contributed by atoms with Gasteiger partial charge in [0.05, 0.1) is 25.5 Å². The summed E-state index contributed by atoms with van der Waals surface area (Å²) in [5.41, 5.74) is 5.78. The first-order chi connectivity index (χ1) is 16.6. The standard InChI is InChI=1S/C28H27N3O3/c1-30-27(19-8-5-4-6-9-19)26(22-10-7-13-29-28(22)30)23(32)12-15-31-14-11-20-16-24(33-2)25(34-3)17-21(20)18-31/h4-10,12-13,15-17H,11,14,18H2,1-3H3/b15-12+. The third kappa shape index (κ3) is 3.81. The summed E-state index contributed by atoms with van der Waals surface area (Å²) in [6.07, 6.45) is 6.23. The largest absolute Gasteiger partial charge is 0.493 e. The average molecular weight is 454 g/mol. The van der Waals surface area contributed by atoms with Gasteiger partial charge in [-0.2, -0.15) is 0 Å². The Balaban J connectivity index is 1.47. The molecule has 3 heterocycles. The van der Waals surface area contributed by atoms with Crippen molar-refractivity contribution in [1.82, 2.24) is 14.5 Å². The van der Waals surface area contributed by atoms with E-state index in [2.05, 4.69) is 16.0 Å². The van der Waals surface area contributed by atoms with Crippen LogP contribution >= 0.6 is 0 Å². The van der Waals surface area contributed by atoms with E-state index < -0.39 is 0 Å². The molecular formula is C28H27N3O3. The summed E-state index contributed by atoms with van der Waals surface area (Å²) in [5.74, 6) is 1.44. The van der Waals surface area contributed by atoms with Gasteiger partial charge in [0.1, 0.15) is 5.65 Å². The molecule has 0 saturated heterocycles. The molecule has 172 valence electrons. The highest BCUT2D eigenvalue weighted by atomic mass is 16.5. The van der Waals surface area contributed by atoms with E-state index in [0.29, 0.717) is 12.1 Å². The number of carbonyl (C=O) groups excluding carboxylic acids is 1. The van der Waals surface area contributed by atoms with E-state index in [0.717, 1.165) is 46.8 Å². The summed E-state index contributed by atoms with van der Waals surface area (Å²) in [5, 5.41) is 0.860.